The minimum Gasteiger partial charge on any atom is -0.355 e. The monoisotopic (exact) mass is 351 g/mol. The van der Waals surface area contributed by atoms with Crippen LogP contribution in [0.2, 0.25) is 0 Å². The Morgan fingerprint density at radius 1 is 1.00 bits per heavy atom. The van der Waals surface area contributed by atoms with Gasteiger partial charge in [-0.15, -0.1) is 0 Å². The maximum absolute atomic E-state index is 12.6. The first-order valence-corrected chi connectivity index (χ1v) is 8.46. The highest BCUT2D eigenvalue weighted by Crippen LogP contribution is 2.29. The molecule has 2 N–H and O–H groups in total. The number of amides is 3. The van der Waals surface area contributed by atoms with Gasteiger partial charge in [0.2, 0.25) is 5.91 Å². The predicted octanol–water partition coefficient (Wildman–Crippen LogP) is 2.52. The van der Waals surface area contributed by atoms with Crippen molar-refractivity contribution in [2.45, 2.75) is 20.3 Å². The lowest BCUT2D eigenvalue weighted by molar-refractivity contribution is -0.116. The van der Waals surface area contributed by atoms with E-state index in [4.69, 9.17) is 0 Å². The zero-order chi connectivity index (χ0) is 18.8. The SMILES string of the molecule is CNC(=O)c1ccc(C)c(NC(=O)c2ccc3c(c2)CCN3C(C)=O)c1. The first kappa shape index (κ1) is 17.7. The van der Waals surface area contributed by atoms with Crippen LogP contribution in [0.15, 0.2) is 36.4 Å². The molecular weight excluding hydrogens is 330 g/mol. The van der Waals surface area contributed by atoms with Crippen molar-refractivity contribution in [2.24, 2.45) is 0 Å². The first-order chi connectivity index (χ1) is 12.4. The van der Waals surface area contributed by atoms with Crippen molar-refractivity contribution in [1.82, 2.24) is 5.32 Å². The van der Waals surface area contributed by atoms with Crippen molar-refractivity contribution in [2.75, 3.05) is 23.8 Å². The Labute approximate surface area is 152 Å². The summed E-state index contributed by atoms with van der Waals surface area (Å²) in [7, 11) is 1.56. The van der Waals surface area contributed by atoms with Crippen LogP contribution in [-0.4, -0.2) is 31.3 Å². The Hall–Kier alpha value is -3.15. The van der Waals surface area contributed by atoms with E-state index in [0.29, 0.717) is 23.4 Å². The molecule has 6 heteroatoms. The van der Waals surface area contributed by atoms with Gasteiger partial charge < -0.3 is 15.5 Å². The minimum atomic E-state index is -0.244. The Kier molecular flexibility index (Phi) is 4.75. The Morgan fingerprint density at radius 2 is 1.69 bits per heavy atom. The van der Waals surface area contributed by atoms with Crippen LogP contribution in [0.1, 0.15) is 38.8 Å². The summed E-state index contributed by atoms with van der Waals surface area (Å²) in [5, 5.41) is 5.44. The third-order valence-corrected chi connectivity index (χ3v) is 4.59. The molecule has 3 rings (SSSR count). The van der Waals surface area contributed by atoms with Crippen molar-refractivity contribution >= 4 is 29.1 Å². The molecule has 134 valence electrons. The lowest BCUT2D eigenvalue weighted by Crippen LogP contribution is -2.25. The van der Waals surface area contributed by atoms with Gasteiger partial charge in [0, 0.05) is 43.0 Å². The maximum Gasteiger partial charge on any atom is 0.255 e. The molecule has 0 radical (unpaired) electrons. The predicted molar refractivity (Wildman–Crippen MR) is 101 cm³/mol. The van der Waals surface area contributed by atoms with Gasteiger partial charge in [0.25, 0.3) is 11.8 Å². The lowest BCUT2D eigenvalue weighted by atomic mass is 10.1. The quantitative estimate of drug-likeness (QED) is 0.892. The molecule has 2 aromatic carbocycles. The third-order valence-electron chi connectivity index (χ3n) is 4.59. The Bertz CT molecular complexity index is 905. The van der Waals surface area contributed by atoms with Crippen LogP contribution < -0.4 is 15.5 Å². The number of carbonyl (C=O) groups excluding carboxylic acids is 3. The summed E-state index contributed by atoms with van der Waals surface area (Å²) in [6.07, 6.45) is 0.737. The molecule has 3 amide bonds. The van der Waals surface area contributed by atoms with Gasteiger partial charge >= 0.3 is 0 Å². The van der Waals surface area contributed by atoms with E-state index in [1.807, 2.05) is 19.1 Å². The van der Waals surface area contributed by atoms with E-state index < -0.39 is 0 Å². The summed E-state index contributed by atoms with van der Waals surface area (Å²) >= 11 is 0. The van der Waals surface area contributed by atoms with Gasteiger partial charge in [-0.2, -0.15) is 0 Å². The molecule has 0 bridgehead atoms. The van der Waals surface area contributed by atoms with Crippen molar-refractivity contribution < 1.29 is 14.4 Å². The van der Waals surface area contributed by atoms with E-state index in [1.165, 1.54) is 6.92 Å². The number of aryl methyl sites for hydroxylation is 1. The number of benzene rings is 2. The summed E-state index contributed by atoms with van der Waals surface area (Å²) in [5.74, 6) is -0.448. The zero-order valence-electron chi connectivity index (χ0n) is 15.1. The lowest BCUT2D eigenvalue weighted by Gasteiger charge is -2.15. The first-order valence-electron chi connectivity index (χ1n) is 8.46. The summed E-state index contributed by atoms with van der Waals surface area (Å²) in [6.45, 7) is 4.05. The van der Waals surface area contributed by atoms with Crippen LogP contribution >= 0.6 is 0 Å². The largest absolute Gasteiger partial charge is 0.355 e. The molecule has 0 fully saturated rings. The van der Waals surface area contributed by atoms with Gasteiger partial charge in [-0.1, -0.05) is 6.07 Å². The highest BCUT2D eigenvalue weighted by molar-refractivity contribution is 6.06. The van der Waals surface area contributed by atoms with Crippen molar-refractivity contribution in [3.8, 4) is 0 Å². The topological polar surface area (TPSA) is 78.5 Å². The van der Waals surface area contributed by atoms with Crippen molar-refractivity contribution in [3.05, 3.63) is 58.7 Å². The van der Waals surface area contributed by atoms with E-state index in [2.05, 4.69) is 10.6 Å². The fraction of sp³-hybridized carbons (Fsp3) is 0.250. The van der Waals surface area contributed by atoms with Gasteiger partial charge in [-0.05, 0) is 54.8 Å². The molecule has 1 aliphatic heterocycles. The van der Waals surface area contributed by atoms with Gasteiger partial charge in [-0.3, -0.25) is 14.4 Å². The van der Waals surface area contributed by atoms with E-state index in [0.717, 1.165) is 23.2 Å². The second-order valence-electron chi connectivity index (χ2n) is 6.33. The van der Waals surface area contributed by atoms with Crippen LogP contribution in [0.25, 0.3) is 0 Å². The molecule has 0 aromatic heterocycles. The standard InChI is InChI=1S/C20H21N3O3/c1-12-4-5-16(19(25)21-3)11-17(12)22-20(26)15-6-7-18-14(10-15)8-9-23(18)13(2)24/h4-7,10-11H,8-9H2,1-3H3,(H,21,25)(H,22,26). The number of nitrogens with zero attached hydrogens (tertiary/aromatic N) is 1. The molecule has 1 heterocycles. The molecule has 6 nitrogen and oxygen atoms in total. The van der Waals surface area contributed by atoms with Crippen LogP contribution in [-0.2, 0) is 11.2 Å². The van der Waals surface area contributed by atoms with Crippen molar-refractivity contribution in [1.29, 1.82) is 0 Å². The summed E-state index contributed by atoms with van der Waals surface area (Å²) in [6, 6.07) is 10.5. The molecule has 0 saturated carbocycles. The van der Waals surface area contributed by atoms with Gasteiger partial charge in [0.1, 0.15) is 0 Å². The zero-order valence-corrected chi connectivity index (χ0v) is 15.1. The third kappa shape index (κ3) is 3.31. The molecule has 1 aliphatic rings. The molecule has 2 aromatic rings. The van der Waals surface area contributed by atoms with E-state index in [9.17, 15) is 14.4 Å². The maximum atomic E-state index is 12.6. The average molecular weight is 351 g/mol. The minimum absolute atomic E-state index is 0.00240. The van der Waals surface area contributed by atoms with Gasteiger partial charge in [0.05, 0.1) is 0 Å². The van der Waals surface area contributed by atoms with Gasteiger partial charge in [-0.25, -0.2) is 0 Å². The van der Waals surface area contributed by atoms with Crippen LogP contribution in [0, 0.1) is 6.92 Å². The Morgan fingerprint density at radius 3 is 2.38 bits per heavy atom. The second kappa shape index (κ2) is 7.00. The summed E-state index contributed by atoms with van der Waals surface area (Å²) in [4.78, 5) is 37.8. The fourth-order valence-corrected chi connectivity index (χ4v) is 3.11. The Balaban J connectivity index is 1.83. The number of fused-ring (bicyclic) bond motifs is 1. The number of rotatable bonds is 3. The molecular formula is C20H21N3O3. The smallest absolute Gasteiger partial charge is 0.255 e. The van der Waals surface area contributed by atoms with E-state index in [1.54, 1.807) is 36.2 Å². The number of hydrogen-bond acceptors (Lipinski definition) is 3. The number of carbonyl (C=O) groups is 3. The van der Waals surface area contributed by atoms with Crippen molar-refractivity contribution in [3.63, 3.8) is 0 Å². The molecule has 0 saturated heterocycles. The highest BCUT2D eigenvalue weighted by Gasteiger charge is 2.23. The van der Waals surface area contributed by atoms with Crippen LogP contribution in [0.4, 0.5) is 11.4 Å². The fourth-order valence-electron chi connectivity index (χ4n) is 3.11. The van der Waals surface area contributed by atoms with Crippen LogP contribution in [0.3, 0.4) is 0 Å². The molecule has 26 heavy (non-hydrogen) atoms. The highest BCUT2D eigenvalue weighted by atomic mass is 16.2. The number of nitrogens with one attached hydrogen (secondary N) is 2. The molecule has 0 unspecified atom stereocenters. The number of hydrogen-bond donors (Lipinski definition) is 2. The summed E-state index contributed by atoms with van der Waals surface area (Å²) < 4.78 is 0. The van der Waals surface area contributed by atoms with Gasteiger partial charge in [0.15, 0.2) is 0 Å². The summed E-state index contributed by atoms with van der Waals surface area (Å²) in [5.41, 5.74) is 4.34. The second-order valence-corrected chi connectivity index (χ2v) is 6.33. The number of anilines is 2. The molecule has 0 aliphatic carbocycles. The molecule has 0 atom stereocenters. The van der Waals surface area contributed by atoms with E-state index >= 15 is 0 Å². The van der Waals surface area contributed by atoms with Crippen LogP contribution in [0.5, 0.6) is 0 Å². The van der Waals surface area contributed by atoms with E-state index in [-0.39, 0.29) is 17.7 Å². The average Bonchev–Trinajstić information content (AvgIpc) is 3.06. The normalized spacial score (nSPS) is 12.5. The molecule has 0 spiro atoms.